The Bertz CT molecular complexity index is 664. The Kier molecular flexibility index (Phi) is 5.12. The van der Waals surface area contributed by atoms with Gasteiger partial charge in [-0.05, 0) is 61.8 Å². The molecule has 2 aliphatic rings. The van der Waals surface area contributed by atoms with E-state index in [-0.39, 0.29) is 0 Å². The third-order valence-electron chi connectivity index (χ3n) is 4.05. The first kappa shape index (κ1) is 16.4. The van der Waals surface area contributed by atoms with Crippen LogP contribution in [0.3, 0.4) is 0 Å². The molecule has 0 amide bonds. The first-order valence-corrected chi connectivity index (χ1v) is 7.57. The molecular weight excluding hydrogens is 278 g/mol. The van der Waals surface area contributed by atoms with Crippen LogP contribution in [-0.2, 0) is 0 Å². The second-order valence-electron chi connectivity index (χ2n) is 5.99. The lowest BCUT2D eigenvalue weighted by atomic mass is 9.85. The van der Waals surface area contributed by atoms with Crippen LogP contribution in [-0.4, -0.2) is 0 Å². The SMILES string of the molecule is C=C(C)/C=C\C(=C)C1=C(F)C(F)=C(C2=CC=C(C)CC2)CC1. The second-order valence-corrected chi connectivity index (χ2v) is 5.99. The van der Waals surface area contributed by atoms with E-state index >= 15 is 0 Å². The molecule has 0 aromatic carbocycles. The highest BCUT2D eigenvalue weighted by Gasteiger charge is 2.25. The van der Waals surface area contributed by atoms with Crippen molar-refractivity contribution in [3.63, 3.8) is 0 Å². The largest absolute Gasteiger partial charge is 0.203 e. The summed E-state index contributed by atoms with van der Waals surface area (Å²) in [6.07, 6.45) is 10.1. The summed E-state index contributed by atoms with van der Waals surface area (Å²) in [5.74, 6) is -1.48. The highest BCUT2D eigenvalue weighted by molar-refractivity contribution is 5.53. The molecule has 0 fully saturated rings. The number of allylic oxidation sites excluding steroid dienone is 12. The summed E-state index contributed by atoms with van der Waals surface area (Å²) in [5, 5.41) is 0. The molecule has 2 heteroatoms. The molecule has 0 unspecified atom stereocenters. The lowest BCUT2D eigenvalue weighted by Gasteiger charge is -2.22. The highest BCUT2D eigenvalue weighted by Crippen LogP contribution is 2.40. The van der Waals surface area contributed by atoms with Gasteiger partial charge in [0.05, 0.1) is 0 Å². The summed E-state index contributed by atoms with van der Waals surface area (Å²) in [5.41, 5.74) is 4.44. The number of hydrogen-bond acceptors (Lipinski definition) is 0. The van der Waals surface area contributed by atoms with Gasteiger partial charge in [0.25, 0.3) is 0 Å². The van der Waals surface area contributed by atoms with E-state index in [1.54, 1.807) is 12.2 Å². The predicted octanol–water partition coefficient (Wildman–Crippen LogP) is 6.58. The standard InChI is InChI=1S/C20H22F2/c1-13(2)5-8-15(4)17-11-12-18(20(22)19(17)21)16-9-6-14(3)7-10-16/h5-6,8-9H,1,4,7,10-12H2,2-3H3/b8-5-. The van der Waals surface area contributed by atoms with Gasteiger partial charge in [0.1, 0.15) is 0 Å². The van der Waals surface area contributed by atoms with Gasteiger partial charge in [-0.2, -0.15) is 0 Å². The van der Waals surface area contributed by atoms with Crippen LogP contribution in [0.2, 0.25) is 0 Å². The monoisotopic (exact) mass is 300 g/mol. The van der Waals surface area contributed by atoms with E-state index in [0.717, 1.165) is 24.0 Å². The molecule has 2 rings (SSSR count). The third kappa shape index (κ3) is 3.62. The van der Waals surface area contributed by atoms with Crippen molar-refractivity contribution >= 4 is 0 Å². The minimum Gasteiger partial charge on any atom is -0.203 e. The first-order valence-electron chi connectivity index (χ1n) is 7.57. The van der Waals surface area contributed by atoms with Gasteiger partial charge in [-0.1, -0.05) is 48.6 Å². The minimum absolute atomic E-state index is 0.363. The van der Waals surface area contributed by atoms with Gasteiger partial charge in [-0.25, -0.2) is 8.78 Å². The molecule has 0 saturated heterocycles. The first-order chi connectivity index (χ1) is 10.4. The fourth-order valence-corrected chi connectivity index (χ4v) is 2.67. The summed E-state index contributed by atoms with van der Waals surface area (Å²) >= 11 is 0. The van der Waals surface area contributed by atoms with Crippen LogP contribution in [0.15, 0.2) is 82.6 Å². The molecule has 0 nitrogen and oxygen atoms in total. The van der Waals surface area contributed by atoms with Crippen molar-refractivity contribution in [1.29, 1.82) is 0 Å². The highest BCUT2D eigenvalue weighted by atomic mass is 19.2. The molecular formula is C20H22F2. The van der Waals surface area contributed by atoms with E-state index in [9.17, 15) is 8.78 Å². The molecule has 0 aromatic rings. The van der Waals surface area contributed by atoms with E-state index in [1.807, 2.05) is 19.1 Å². The maximum Gasteiger partial charge on any atom is 0.162 e. The smallest absolute Gasteiger partial charge is 0.162 e. The topological polar surface area (TPSA) is 0 Å². The Labute approximate surface area is 131 Å². The van der Waals surface area contributed by atoms with Crippen molar-refractivity contribution < 1.29 is 8.78 Å². The Morgan fingerprint density at radius 2 is 1.73 bits per heavy atom. The van der Waals surface area contributed by atoms with Crippen molar-refractivity contribution in [2.75, 3.05) is 0 Å². The quantitative estimate of drug-likeness (QED) is 0.514. The molecule has 0 radical (unpaired) electrons. The van der Waals surface area contributed by atoms with E-state index in [1.165, 1.54) is 5.57 Å². The molecule has 116 valence electrons. The zero-order chi connectivity index (χ0) is 16.3. The van der Waals surface area contributed by atoms with Gasteiger partial charge in [-0.3, -0.25) is 0 Å². The van der Waals surface area contributed by atoms with E-state index < -0.39 is 11.7 Å². The molecule has 0 aromatic heterocycles. The maximum absolute atomic E-state index is 14.4. The van der Waals surface area contributed by atoms with E-state index in [4.69, 9.17) is 0 Å². The van der Waals surface area contributed by atoms with Crippen LogP contribution in [0.25, 0.3) is 0 Å². The molecule has 2 aliphatic carbocycles. The summed E-state index contributed by atoms with van der Waals surface area (Å²) in [6.45, 7) is 11.5. The predicted molar refractivity (Wildman–Crippen MR) is 89.7 cm³/mol. The van der Waals surface area contributed by atoms with E-state index in [2.05, 4.69) is 20.1 Å². The lowest BCUT2D eigenvalue weighted by molar-refractivity contribution is 0.512. The van der Waals surface area contributed by atoms with Crippen molar-refractivity contribution in [2.45, 2.75) is 39.5 Å². The van der Waals surface area contributed by atoms with Crippen molar-refractivity contribution in [3.05, 3.63) is 82.6 Å². The van der Waals surface area contributed by atoms with Gasteiger partial charge in [0.15, 0.2) is 11.7 Å². The molecule has 0 saturated carbocycles. The van der Waals surface area contributed by atoms with Gasteiger partial charge in [0, 0.05) is 0 Å². The van der Waals surface area contributed by atoms with Crippen LogP contribution in [0.5, 0.6) is 0 Å². The average molecular weight is 300 g/mol. The van der Waals surface area contributed by atoms with Crippen LogP contribution in [0.1, 0.15) is 39.5 Å². The van der Waals surface area contributed by atoms with Crippen LogP contribution >= 0.6 is 0 Å². The average Bonchev–Trinajstić information content (AvgIpc) is 2.48. The zero-order valence-corrected chi connectivity index (χ0v) is 13.3. The number of hydrogen-bond donors (Lipinski definition) is 0. The Balaban J connectivity index is 2.31. The molecule has 0 heterocycles. The molecule has 0 aliphatic heterocycles. The Hall–Kier alpha value is -1.96. The third-order valence-corrected chi connectivity index (χ3v) is 4.05. The van der Waals surface area contributed by atoms with Gasteiger partial charge >= 0.3 is 0 Å². The van der Waals surface area contributed by atoms with Gasteiger partial charge in [0.2, 0.25) is 0 Å². The summed E-state index contributed by atoms with van der Waals surface area (Å²) < 4.78 is 28.8. The second kappa shape index (κ2) is 6.87. The number of halogens is 2. The Morgan fingerprint density at radius 3 is 2.32 bits per heavy atom. The van der Waals surface area contributed by atoms with Gasteiger partial charge in [-0.15, -0.1) is 0 Å². The van der Waals surface area contributed by atoms with Gasteiger partial charge < -0.3 is 0 Å². The Morgan fingerprint density at radius 1 is 1.00 bits per heavy atom. The number of rotatable bonds is 4. The van der Waals surface area contributed by atoms with Crippen LogP contribution < -0.4 is 0 Å². The summed E-state index contributed by atoms with van der Waals surface area (Å²) in [4.78, 5) is 0. The van der Waals surface area contributed by atoms with Crippen molar-refractivity contribution in [1.82, 2.24) is 0 Å². The van der Waals surface area contributed by atoms with Crippen molar-refractivity contribution in [3.8, 4) is 0 Å². The molecule has 0 atom stereocenters. The zero-order valence-electron chi connectivity index (χ0n) is 13.3. The lowest BCUT2D eigenvalue weighted by Crippen LogP contribution is -2.06. The van der Waals surface area contributed by atoms with E-state index in [0.29, 0.717) is 29.6 Å². The summed E-state index contributed by atoms with van der Waals surface area (Å²) in [7, 11) is 0. The maximum atomic E-state index is 14.4. The van der Waals surface area contributed by atoms with Crippen LogP contribution in [0, 0.1) is 0 Å². The van der Waals surface area contributed by atoms with Crippen molar-refractivity contribution in [2.24, 2.45) is 0 Å². The summed E-state index contributed by atoms with van der Waals surface area (Å²) in [6, 6.07) is 0. The fourth-order valence-electron chi connectivity index (χ4n) is 2.67. The molecule has 0 bridgehead atoms. The molecule has 0 N–H and O–H groups in total. The van der Waals surface area contributed by atoms with Crippen LogP contribution in [0.4, 0.5) is 8.78 Å². The fraction of sp³-hybridized carbons (Fsp3) is 0.300. The minimum atomic E-state index is -0.759. The molecule has 22 heavy (non-hydrogen) atoms. The normalized spacial score (nSPS) is 19.5. The molecule has 0 spiro atoms.